The van der Waals surface area contributed by atoms with Gasteiger partial charge in [-0.25, -0.2) is 8.42 Å². The molecule has 0 unspecified atom stereocenters. The van der Waals surface area contributed by atoms with Crippen molar-refractivity contribution in [2.75, 3.05) is 5.32 Å². The van der Waals surface area contributed by atoms with Crippen LogP contribution in [0.2, 0.25) is 5.02 Å². The van der Waals surface area contributed by atoms with E-state index < -0.39 is 9.84 Å². The number of anilines is 1. The fraction of sp³-hybridized carbons (Fsp3) is 0.111. The summed E-state index contributed by atoms with van der Waals surface area (Å²) in [6, 6.07) is 19.6. The summed E-state index contributed by atoms with van der Waals surface area (Å²) < 4.78 is 24.8. The average molecular weight is 374 g/mol. The number of hydrogen-bond acceptors (Lipinski definition) is 5. The Morgan fingerprint density at radius 3 is 2.20 bits per heavy atom. The van der Waals surface area contributed by atoms with E-state index >= 15 is 0 Å². The molecular weight excluding hydrogens is 358 g/mol. The van der Waals surface area contributed by atoms with Crippen LogP contribution >= 0.6 is 11.6 Å². The van der Waals surface area contributed by atoms with Crippen LogP contribution in [0.5, 0.6) is 0 Å². The first-order valence-corrected chi connectivity index (χ1v) is 9.65. The van der Waals surface area contributed by atoms with Crippen LogP contribution < -0.4 is 5.32 Å². The van der Waals surface area contributed by atoms with E-state index in [2.05, 4.69) is 15.5 Å². The highest BCUT2D eigenvalue weighted by molar-refractivity contribution is 7.90. The lowest BCUT2D eigenvalue weighted by Crippen LogP contribution is -2.09. The minimum absolute atomic E-state index is 0.0484. The van der Waals surface area contributed by atoms with Gasteiger partial charge in [-0.1, -0.05) is 54.1 Å². The van der Waals surface area contributed by atoms with Crippen molar-refractivity contribution < 1.29 is 8.42 Å². The number of nitrogens with zero attached hydrogens (tertiary/aromatic N) is 2. The summed E-state index contributed by atoms with van der Waals surface area (Å²) in [5.41, 5.74) is 1.75. The highest BCUT2D eigenvalue weighted by Gasteiger charge is 2.17. The molecule has 0 bridgehead atoms. The summed E-state index contributed by atoms with van der Waals surface area (Å²) >= 11 is 5.81. The Morgan fingerprint density at radius 2 is 1.56 bits per heavy atom. The fourth-order valence-electron chi connectivity index (χ4n) is 2.24. The van der Waals surface area contributed by atoms with Crippen LogP contribution in [0.4, 0.5) is 5.82 Å². The molecule has 1 aromatic heterocycles. The first-order valence-electron chi connectivity index (χ1n) is 7.62. The van der Waals surface area contributed by atoms with Crippen molar-refractivity contribution in [2.24, 2.45) is 0 Å². The van der Waals surface area contributed by atoms with Crippen LogP contribution in [0.15, 0.2) is 71.8 Å². The number of hydrogen-bond donors (Lipinski definition) is 1. The van der Waals surface area contributed by atoms with Gasteiger partial charge in [-0.2, -0.15) is 0 Å². The van der Waals surface area contributed by atoms with Crippen molar-refractivity contribution in [1.82, 2.24) is 10.2 Å². The zero-order valence-corrected chi connectivity index (χ0v) is 14.8. The normalized spacial score (nSPS) is 11.2. The first kappa shape index (κ1) is 17.4. The zero-order chi connectivity index (χ0) is 17.7. The molecule has 0 aliphatic heterocycles. The van der Waals surface area contributed by atoms with Crippen LogP contribution in [0.1, 0.15) is 11.1 Å². The molecule has 5 nitrogen and oxygen atoms in total. The standard InChI is InChI=1S/C18H16ClN3O2S/c19-16-8-6-15(7-9-16)13-25(23,24)18-11-10-17(21-22-18)20-12-14-4-2-1-3-5-14/h1-11H,12-13H2,(H,20,21). The highest BCUT2D eigenvalue weighted by atomic mass is 35.5. The summed E-state index contributed by atoms with van der Waals surface area (Å²) in [5.74, 6) is 0.379. The van der Waals surface area contributed by atoms with Gasteiger partial charge in [0.25, 0.3) is 0 Å². The molecule has 0 amide bonds. The van der Waals surface area contributed by atoms with Crippen molar-refractivity contribution in [3.63, 3.8) is 0 Å². The summed E-state index contributed by atoms with van der Waals surface area (Å²) in [6.07, 6.45) is 0. The summed E-state index contributed by atoms with van der Waals surface area (Å²) in [5, 5.41) is 11.4. The molecule has 0 aliphatic carbocycles. The van der Waals surface area contributed by atoms with Gasteiger partial charge in [-0.3, -0.25) is 0 Å². The van der Waals surface area contributed by atoms with Crippen LogP contribution in [0.25, 0.3) is 0 Å². The first-order chi connectivity index (χ1) is 12.0. The summed E-state index contributed by atoms with van der Waals surface area (Å²) in [6.45, 7) is 0.590. The topological polar surface area (TPSA) is 72.0 Å². The van der Waals surface area contributed by atoms with E-state index in [0.717, 1.165) is 5.56 Å². The van der Waals surface area contributed by atoms with Gasteiger partial charge in [0, 0.05) is 11.6 Å². The second-order valence-electron chi connectivity index (χ2n) is 5.48. The van der Waals surface area contributed by atoms with Gasteiger partial charge in [0.1, 0.15) is 5.82 Å². The molecule has 128 valence electrons. The molecular formula is C18H16ClN3O2S. The predicted octanol–water partition coefficient (Wildman–Crippen LogP) is 3.72. The number of benzene rings is 2. The van der Waals surface area contributed by atoms with E-state index in [4.69, 9.17) is 11.6 Å². The Bertz CT molecular complexity index is 928. The Kier molecular flexibility index (Phi) is 5.31. The lowest BCUT2D eigenvalue weighted by molar-refractivity contribution is 0.589. The van der Waals surface area contributed by atoms with Gasteiger partial charge in [0.2, 0.25) is 9.84 Å². The molecule has 25 heavy (non-hydrogen) atoms. The lowest BCUT2D eigenvalue weighted by Gasteiger charge is -2.07. The Balaban J connectivity index is 1.67. The van der Waals surface area contributed by atoms with Crippen LogP contribution in [-0.2, 0) is 22.1 Å². The maximum Gasteiger partial charge on any atom is 0.201 e. The van der Waals surface area contributed by atoms with Crippen LogP contribution in [0, 0.1) is 0 Å². The molecule has 0 spiro atoms. The van der Waals surface area contributed by atoms with Gasteiger partial charge in [-0.05, 0) is 35.4 Å². The molecule has 3 rings (SSSR count). The third-order valence-corrected chi connectivity index (χ3v) is 5.37. The smallest absolute Gasteiger partial charge is 0.201 e. The molecule has 0 radical (unpaired) electrons. The summed E-state index contributed by atoms with van der Waals surface area (Å²) in [7, 11) is -3.55. The van der Waals surface area contributed by atoms with Crippen LogP contribution in [-0.4, -0.2) is 18.6 Å². The Morgan fingerprint density at radius 1 is 0.840 bits per heavy atom. The Hall–Kier alpha value is -2.44. The van der Waals surface area contributed by atoms with E-state index in [0.29, 0.717) is 22.9 Å². The number of halogens is 1. The van der Waals surface area contributed by atoms with E-state index in [1.165, 1.54) is 6.07 Å². The molecule has 2 aromatic carbocycles. The molecule has 0 aliphatic rings. The third kappa shape index (κ3) is 4.78. The molecule has 0 saturated carbocycles. The predicted molar refractivity (Wildman–Crippen MR) is 98.1 cm³/mol. The minimum atomic E-state index is -3.55. The van der Waals surface area contributed by atoms with E-state index in [1.807, 2.05) is 30.3 Å². The van der Waals surface area contributed by atoms with Gasteiger partial charge < -0.3 is 5.32 Å². The second-order valence-corrected chi connectivity index (χ2v) is 7.85. The maximum absolute atomic E-state index is 12.4. The maximum atomic E-state index is 12.4. The van der Waals surface area contributed by atoms with Gasteiger partial charge in [0.15, 0.2) is 5.03 Å². The van der Waals surface area contributed by atoms with E-state index in [-0.39, 0.29) is 10.8 Å². The lowest BCUT2D eigenvalue weighted by atomic mass is 10.2. The number of nitrogens with one attached hydrogen (secondary N) is 1. The average Bonchev–Trinajstić information content (AvgIpc) is 2.63. The largest absolute Gasteiger partial charge is 0.365 e. The van der Waals surface area contributed by atoms with E-state index in [1.54, 1.807) is 30.3 Å². The van der Waals surface area contributed by atoms with Gasteiger partial charge in [0.05, 0.1) is 5.75 Å². The van der Waals surface area contributed by atoms with Crippen molar-refractivity contribution in [3.8, 4) is 0 Å². The zero-order valence-electron chi connectivity index (χ0n) is 13.3. The number of rotatable bonds is 6. The molecule has 1 N–H and O–H groups in total. The molecule has 3 aromatic rings. The molecule has 0 saturated heterocycles. The fourth-order valence-corrected chi connectivity index (χ4v) is 3.59. The molecule has 0 fully saturated rings. The van der Waals surface area contributed by atoms with Crippen molar-refractivity contribution in [3.05, 3.63) is 82.9 Å². The van der Waals surface area contributed by atoms with Crippen LogP contribution in [0.3, 0.4) is 0 Å². The second kappa shape index (κ2) is 7.63. The van der Waals surface area contributed by atoms with Gasteiger partial charge >= 0.3 is 0 Å². The third-order valence-electron chi connectivity index (χ3n) is 3.55. The monoisotopic (exact) mass is 373 g/mol. The van der Waals surface area contributed by atoms with Crippen molar-refractivity contribution in [1.29, 1.82) is 0 Å². The highest BCUT2D eigenvalue weighted by Crippen LogP contribution is 2.17. The number of sulfone groups is 1. The quantitative estimate of drug-likeness (QED) is 0.713. The van der Waals surface area contributed by atoms with Gasteiger partial charge in [-0.15, -0.1) is 10.2 Å². The minimum Gasteiger partial charge on any atom is -0.365 e. The molecule has 7 heteroatoms. The van der Waals surface area contributed by atoms with Crippen molar-refractivity contribution >= 4 is 27.3 Å². The number of aromatic nitrogens is 2. The molecule has 0 atom stereocenters. The Labute approximate surface area is 151 Å². The van der Waals surface area contributed by atoms with Crippen molar-refractivity contribution in [2.45, 2.75) is 17.3 Å². The SMILES string of the molecule is O=S(=O)(Cc1ccc(Cl)cc1)c1ccc(NCc2ccccc2)nn1. The summed E-state index contributed by atoms with van der Waals surface area (Å²) in [4.78, 5) is 0. The molecule has 1 heterocycles. The van der Waals surface area contributed by atoms with E-state index in [9.17, 15) is 8.42 Å².